The molecule has 7 heteroatoms. The maximum atomic E-state index is 12.9. The molecule has 1 aliphatic heterocycles. The molecule has 1 heterocycles. The fraction of sp³-hybridized carbons (Fsp3) is 0.478. The number of nitrogens with zero attached hydrogens (tertiary/aromatic N) is 1. The standard InChI is InChI=1S/C23H34N4O2S/c1-5-19-6-12-22(13-7-19)30(28,29)24-18-23(27-16-14-26(4)15-17-27)20-8-10-21(11-9-20)25(2)3/h6-13,23-24H,5,14-18H2,1-4H3/p+2/t23-/m1/s1. The lowest BCUT2D eigenvalue weighted by Gasteiger charge is -2.33. The monoisotopic (exact) mass is 432 g/mol. The lowest BCUT2D eigenvalue weighted by molar-refractivity contribution is -1.02. The average Bonchev–Trinajstić information content (AvgIpc) is 2.75. The molecular weight excluding hydrogens is 396 g/mol. The van der Waals surface area contributed by atoms with Gasteiger partial charge in [-0.05, 0) is 36.2 Å². The molecule has 1 fully saturated rings. The van der Waals surface area contributed by atoms with Crippen LogP contribution in [0.1, 0.15) is 24.1 Å². The molecule has 164 valence electrons. The van der Waals surface area contributed by atoms with Crippen molar-refractivity contribution in [2.75, 3.05) is 58.8 Å². The van der Waals surface area contributed by atoms with E-state index in [1.165, 1.54) is 15.4 Å². The van der Waals surface area contributed by atoms with Crippen LogP contribution in [-0.2, 0) is 16.4 Å². The normalized spacial score (nSPS) is 20.7. The maximum Gasteiger partial charge on any atom is 0.240 e. The highest BCUT2D eigenvalue weighted by atomic mass is 32.2. The molecule has 0 radical (unpaired) electrons. The predicted octanol–water partition coefficient (Wildman–Crippen LogP) is -0.252. The number of hydrogen-bond acceptors (Lipinski definition) is 3. The van der Waals surface area contributed by atoms with Gasteiger partial charge in [-0.15, -0.1) is 0 Å². The molecule has 1 atom stereocenters. The first kappa shape index (κ1) is 22.7. The molecule has 2 aromatic carbocycles. The molecule has 3 rings (SSSR count). The molecular formula is C23H36N4O2S+2. The number of likely N-dealkylation sites (N-methyl/N-ethyl adjacent to an activating group) is 1. The third-order valence-electron chi connectivity index (χ3n) is 6.17. The highest BCUT2D eigenvalue weighted by Gasteiger charge is 2.30. The second-order valence-electron chi connectivity index (χ2n) is 8.50. The first-order chi connectivity index (χ1) is 14.3. The number of hydrogen-bond donors (Lipinski definition) is 3. The number of piperazine rings is 1. The van der Waals surface area contributed by atoms with Gasteiger partial charge in [0.15, 0.2) is 0 Å². The summed E-state index contributed by atoms with van der Waals surface area (Å²) in [5, 5.41) is 0. The van der Waals surface area contributed by atoms with E-state index in [2.05, 4.69) is 47.9 Å². The van der Waals surface area contributed by atoms with Crippen molar-refractivity contribution in [3.8, 4) is 0 Å². The van der Waals surface area contributed by atoms with Crippen LogP contribution in [0, 0.1) is 0 Å². The van der Waals surface area contributed by atoms with E-state index in [9.17, 15) is 8.42 Å². The Morgan fingerprint density at radius 2 is 1.57 bits per heavy atom. The summed E-state index contributed by atoms with van der Waals surface area (Å²) in [5.74, 6) is 0. The minimum atomic E-state index is -3.54. The van der Waals surface area contributed by atoms with Crippen LogP contribution < -0.4 is 19.4 Å². The second-order valence-corrected chi connectivity index (χ2v) is 10.3. The number of sulfonamides is 1. The fourth-order valence-electron chi connectivity index (χ4n) is 4.03. The Balaban J connectivity index is 1.79. The zero-order valence-electron chi connectivity index (χ0n) is 18.6. The van der Waals surface area contributed by atoms with Crippen molar-refractivity contribution >= 4 is 15.7 Å². The second kappa shape index (κ2) is 9.92. The summed E-state index contributed by atoms with van der Waals surface area (Å²) >= 11 is 0. The van der Waals surface area contributed by atoms with Gasteiger partial charge in [-0.25, -0.2) is 13.1 Å². The summed E-state index contributed by atoms with van der Waals surface area (Å²) in [4.78, 5) is 5.39. The maximum absolute atomic E-state index is 12.9. The van der Waals surface area contributed by atoms with Crippen molar-refractivity contribution < 1.29 is 18.2 Å². The predicted molar refractivity (Wildman–Crippen MR) is 122 cm³/mol. The molecule has 0 aliphatic carbocycles. The van der Waals surface area contributed by atoms with Crippen LogP contribution in [0.4, 0.5) is 5.69 Å². The van der Waals surface area contributed by atoms with Gasteiger partial charge in [0, 0.05) is 25.3 Å². The number of quaternary nitrogens is 2. The Bertz CT molecular complexity index is 903. The lowest BCUT2D eigenvalue weighted by atomic mass is 10.0. The molecule has 0 unspecified atom stereocenters. The van der Waals surface area contributed by atoms with Crippen molar-refractivity contribution in [2.45, 2.75) is 24.3 Å². The quantitative estimate of drug-likeness (QED) is 0.539. The number of rotatable bonds is 8. The van der Waals surface area contributed by atoms with Gasteiger partial charge in [0.1, 0.15) is 32.2 Å². The van der Waals surface area contributed by atoms with Crippen molar-refractivity contribution in [2.24, 2.45) is 0 Å². The van der Waals surface area contributed by atoms with Crippen molar-refractivity contribution in [3.63, 3.8) is 0 Å². The Labute approximate surface area is 181 Å². The van der Waals surface area contributed by atoms with Crippen LogP contribution in [0.5, 0.6) is 0 Å². The van der Waals surface area contributed by atoms with E-state index in [1.807, 2.05) is 26.2 Å². The van der Waals surface area contributed by atoms with Gasteiger partial charge in [0.25, 0.3) is 0 Å². The van der Waals surface area contributed by atoms with E-state index in [1.54, 1.807) is 12.1 Å². The molecule has 1 aliphatic rings. The highest BCUT2D eigenvalue weighted by Crippen LogP contribution is 2.17. The van der Waals surface area contributed by atoms with Crippen molar-refractivity contribution in [1.29, 1.82) is 0 Å². The van der Waals surface area contributed by atoms with Crippen LogP contribution in [-0.4, -0.2) is 62.3 Å². The molecule has 30 heavy (non-hydrogen) atoms. The van der Waals surface area contributed by atoms with Gasteiger partial charge in [-0.1, -0.05) is 31.2 Å². The largest absolute Gasteiger partial charge is 0.378 e. The Hall–Kier alpha value is -1.93. The number of benzene rings is 2. The van der Waals surface area contributed by atoms with E-state index in [4.69, 9.17) is 0 Å². The number of nitrogens with one attached hydrogen (secondary N) is 3. The molecule has 0 saturated carbocycles. The molecule has 0 aromatic heterocycles. The van der Waals surface area contributed by atoms with E-state index in [0.29, 0.717) is 11.4 Å². The molecule has 0 amide bonds. The highest BCUT2D eigenvalue weighted by molar-refractivity contribution is 7.89. The average molecular weight is 433 g/mol. The number of aryl methyl sites for hydroxylation is 1. The van der Waals surface area contributed by atoms with E-state index < -0.39 is 10.0 Å². The third-order valence-corrected chi connectivity index (χ3v) is 7.61. The van der Waals surface area contributed by atoms with Gasteiger partial charge in [0.2, 0.25) is 10.0 Å². The lowest BCUT2D eigenvalue weighted by Crippen LogP contribution is -3.27. The minimum absolute atomic E-state index is 0.0963. The van der Waals surface area contributed by atoms with Gasteiger partial charge >= 0.3 is 0 Å². The van der Waals surface area contributed by atoms with Gasteiger partial charge in [0.05, 0.1) is 18.5 Å². The molecule has 1 saturated heterocycles. The summed E-state index contributed by atoms with van der Waals surface area (Å²) in [7, 11) is 2.74. The molecule has 6 nitrogen and oxygen atoms in total. The smallest absolute Gasteiger partial charge is 0.240 e. The zero-order chi connectivity index (χ0) is 21.7. The molecule has 2 aromatic rings. The Morgan fingerprint density at radius 1 is 0.967 bits per heavy atom. The SMILES string of the molecule is CCc1ccc(S(=O)(=O)NC[C@H](c2ccc(N(C)C)cc2)[NH+]2CC[NH+](C)CC2)cc1. The Morgan fingerprint density at radius 3 is 2.10 bits per heavy atom. The Kier molecular flexibility index (Phi) is 7.52. The summed E-state index contributed by atoms with van der Waals surface area (Å²) in [6.07, 6.45) is 0.896. The van der Waals surface area contributed by atoms with E-state index in [-0.39, 0.29) is 6.04 Å². The van der Waals surface area contributed by atoms with E-state index >= 15 is 0 Å². The molecule has 0 spiro atoms. The minimum Gasteiger partial charge on any atom is -0.378 e. The topological polar surface area (TPSA) is 58.3 Å². The third kappa shape index (κ3) is 5.60. The van der Waals surface area contributed by atoms with Crippen LogP contribution in [0.25, 0.3) is 0 Å². The van der Waals surface area contributed by atoms with Crippen LogP contribution in [0.3, 0.4) is 0 Å². The number of anilines is 1. The first-order valence-electron chi connectivity index (χ1n) is 10.8. The van der Waals surface area contributed by atoms with Crippen LogP contribution in [0.2, 0.25) is 0 Å². The van der Waals surface area contributed by atoms with Crippen LogP contribution in [0.15, 0.2) is 53.4 Å². The summed E-state index contributed by atoms with van der Waals surface area (Å²) in [6.45, 7) is 6.75. The van der Waals surface area contributed by atoms with Crippen molar-refractivity contribution in [3.05, 3.63) is 59.7 Å². The fourth-order valence-corrected chi connectivity index (χ4v) is 5.08. The molecule has 3 N–H and O–H groups in total. The van der Waals surface area contributed by atoms with Crippen LogP contribution >= 0.6 is 0 Å². The van der Waals surface area contributed by atoms with Gasteiger partial charge in [-0.3, -0.25) is 0 Å². The van der Waals surface area contributed by atoms with Gasteiger partial charge < -0.3 is 14.7 Å². The molecule has 0 bridgehead atoms. The van der Waals surface area contributed by atoms with E-state index in [0.717, 1.165) is 43.9 Å². The summed E-state index contributed by atoms with van der Waals surface area (Å²) in [6, 6.07) is 15.8. The zero-order valence-corrected chi connectivity index (χ0v) is 19.4. The first-order valence-corrected chi connectivity index (χ1v) is 12.3. The van der Waals surface area contributed by atoms with Crippen molar-refractivity contribution in [1.82, 2.24) is 4.72 Å². The van der Waals surface area contributed by atoms with Gasteiger partial charge in [-0.2, -0.15) is 0 Å². The summed E-state index contributed by atoms with van der Waals surface area (Å²) in [5.41, 5.74) is 3.46. The summed E-state index contributed by atoms with van der Waals surface area (Å²) < 4.78 is 28.7.